The molecule has 4 nitrogen and oxygen atoms in total. The average molecular weight is 421 g/mol. The number of halogens is 1. The van der Waals surface area contributed by atoms with Crippen LogP contribution in [0.25, 0.3) is 0 Å². The maximum atomic E-state index is 14.7. The molecule has 1 heterocycles. The van der Waals surface area contributed by atoms with Crippen LogP contribution in [0.4, 0.5) is 4.39 Å². The van der Waals surface area contributed by atoms with Crippen LogP contribution in [0.3, 0.4) is 0 Å². The normalized spacial score (nSPS) is 18.4. The van der Waals surface area contributed by atoms with Crippen molar-refractivity contribution < 1.29 is 14.4 Å². The molecule has 0 aliphatic carbocycles. The third kappa shape index (κ3) is 7.05. The lowest BCUT2D eigenvalue weighted by molar-refractivity contribution is 0.0705. The number of carbonyl (C=O) groups is 1. The van der Waals surface area contributed by atoms with Crippen molar-refractivity contribution in [2.24, 2.45) is 23.7 Å². The molecular formula is C25H41FN2O2. The van der Waals surface area contributed by atoms with Crippen molar-refractivity contribution >= 4 is 5.91 Å². The highest BCUT2D eigenvalue weighted by Crippen LogP contribution is 2.30. The van der Waals surface area contributed by atoms with Crippen molar-refractivity contribution in [1.29, 1.82) is 0 Å². The highest BCUT2D eigenvalue weighted by molar-refractivity contribution is 5.93. The van der Waals surface area contributed by atoms with Crippen LogP contribution in [-0.4, -0.2) is 29.1 Å². The van der Waals surface area contributed by atoms with Crippen LogP contribution in [-0.2, 0) is 13.0 Å². The Morgan fingerprint density at radius 3 is 2.37 bits per heavy atom. The number of rotatable bonds is 11. The highest BCUT2D eigenvalue weighted by atomic mass is 19.1. The van der Waals surface area contributed by atoms with Gasteiger partial charge in [0.1, 0.15) is 5.82 Å². The van der Waals surface area contributed by atoms with E-state index in [1.165, 1.54) is 38.2 Å². The SMILES string of the molecule is CCC(C)CC(C)CC(CC(C)CC)CN1CCc2cc(C(=O)NO)cc(F)c2C1. The van der Waals surface area contributed by atoms with Crippen LogP contribution in [0.1, 0.15) is 88.2 Å². The Morgan fingerprint density at radius 1 is 1.10 bits per heavy atom. The molecule has 0 spiro atoms. The molecule has 0 aromatic heterocycles. The van der Waals surface area contributed by atoms with Crippen LogP contribution in [0.15, 0.2) is 12.1 Å². The van der Waals surface area contributed by atoms with Gasteiger partial charge in [0.15, 0.2) is 0 Å². The molecule has 1 amide bonds. The summed E-state index contributed by atoms with van der Waals surface area (Å²) in [5.41, 5.74) is 3.35. The molecule has 0 bridgehead atoms. The van der Waals surface area contributed by atoms with Gasteiger partial charge in [0, 0.05) is 30.8 Å². The van der Waals surface area contributed by atoms with Gasteiger partial charge in [-0.3, -0.25) is 14.9 Å². The van der Waals surface area contributed by atoms with E-state index in [4.69, 9.17) is 5.21 Å². The molecule has 0 saturated heterocycles. The van der Waals surface area contributed by atoms with Gasteiger partial charge >= 0.3 is 0 Å². The molecule has 0 saturated carbocycles. The Hall–Kier alpha value is -1.46. The summed E-state index contributed by atoms with van der Waals surface area (Å²) in [5.74, 6) is 1.80. The van der Waals surface area contributed by atoms with Crippen molar-refractivity contribution in [2.45, 2.75) is 79.7 Å². The Labute approximate surface area is 182 Å². The molecule has 2 N–H and O–H groups in total. The van der Waals surface area contributed by atoms with Crippen molar-refractivity contribution in [3.63, 3.8) is 0 Å². The summed E-state index contributed by atoms with van der Waals surface area (Å²) < 4.78 is 14.7. The number of nitrogens with zero attached hydrogens (tertiary/aromatic N) is 1. The molecule has 0 fully saturated rings. The van der Waals surface area contributed by atoms with Crippen molar-refractivity contribution in [2.75, 3.05) is 13.1 Å². The summed E-state index contributed by atoms with van der Waals surface area (Å²) in [6.07, 6.45) is 6.90. The molecular weight excluding hydrogens is 379 g/mol. The zero-order valence-electron chi connectivity index (χ0n) is 19.5. The van der Waals surface area contributed by atoms with E-state index in [0.717, 1.165) is 31.0 Å². The number of nitrogens with one attached hydrogen (secondary N) is 1. The first kappa shape index (κ1) is 24.8. The highest BCUT2D eigenvalue weighted by Gasteiger charge is 2.25. The maximum absolute atomic E-state index is 14.7. The predicted molar refractivity (Wildman–Crippen MR) is 120 cm³/mol. The smallest absolute Gasteiger partial charge is 0.274 e. The maximum Gasteiger partial charge on any atom is 0.274 e. The second-order valence-electron chi connectivity index (χ2n) is 9.73. The van der Waals surface area contributed by atoms with E-state index < -0.39 is 5.91 Å². The summed E-state index contributed by atoms with van der Waals surface area (Å²) in [6.45, 7) is 14.1. The van der Waals surface area contributed by atoms with E-state index in [0.29, 0.717) is 29.9 Å². The van der Waals surface area contributed by atoms with Crippen LogP contribution in [0.2, 0.25) is 0 Å². The van der Waals surface area contributed by atoms with Gasteiger partial charge in [-0.15, -0.1) is 0 Å². The molecule has 1 aromatic carbocycles. The van der Waals surface area contributed by atoms with Crippen LogP contribution < -0.4 is 5.48 Å². The summed E-state index contributed by atoms with van der Waals surface area (Å²) >= 11 is 0. The van der Waals surface area contributed by atoms with Gasteiger partial charge in [0.2, 0.25) is 0 Å². The van der Waals surface area contributed by atoms with Crippen LogP contribution in [0.5, 0.6) is 0 Å². The molecule has 4 atom stereocenters. The van der Waals surface area contributed by atoms with E-state index in [-0.39, 0.29) is 11.4 Å². The largest absolute Gasteiger partial charge is 0.298 e. The fourth-order valence-corrected chi connectivity index (χ4v) is 4.89. The van der Waals surface area contributed by atoms with Gasteiger partial charge in [-0.05, 0) is 67.1 Å². The van der Waals surface area contributed by atoms with Gasteiger partial charge < -0.3 is 0 Å². The molecule has 170 valence electrons. The first-order valence-corrected chi connectivity index (χ1v) is 11.7. The van der Waals surface area contributed by atoms with Crippen LogP contribution in [0, 0.1) is 29.5 Å². The van der Waals surface area contributed by atoms with E-state index in [1.54, 1.807) is 11.5 Å². The predicted octanol–water partition coefficient (Wildman–Crippen LogP) is 5.82. The molecule has 1 aliphatic heterocycles. The summed E-state index contributed by atoms with van der Waals surface area (Å²) in [5, 5.41) is 8.83. The van der Waals surface area contributed by atoms with Crippen molar-refractivity contribution in [1.82, 2.24) is 10.4 Å². The molecule has 0 radical (unpaired) electrons. The topological polar surface area (TPSA) is 52.6 Å². The molecule has 1 aliphatic rings. The second kappa shape index (κ2) is 11.8. The minimum Gasteiger partial charge on any atom is -0.298 e. The summed E-state index contributed by atoms with van der Waals surface area (Å²) in [4.78, 5) is 14.0. The minimum absolute atomic E-state index is 0.177. The Morgan fingerprint density at radius 2 is 1.73 bits per heavy atom. The monoisotopic (exact) mass is 420 g/mol. The van der Waals surface area contributed by atoms with Crippen molar-refractivity contribution in [3.8, 4) is 0 Å². The van der Waals surface area contributed by atoms with Gasteiger partial charge in [-0.25, -0.2) is 9.87 Å². The van der Waals surface area contributed by atoms with Gasteiger partial charge in [-0.2, -0.15) is 0 Å². The summed E-state index contributed by atoms with van der Waals surface area (Å²) in [6, 6.07) is 2.95. The lowest BCUT2D eigenvalue weighted by Gasteiger charge is -2.34. The minimum atomic E-state index is -0.664. The fourth-order valence-electron chi connectivity index (χ4n) is 4.89. The third-order valence-corrected chi connectivity index (χ3v) is 6.92. The Bertz CT molecular complexity index is 694. The molecule has 4 unspecified atom stereocenters. The number of fused-ring (bicyclic) bond motifs is 1. The first-order valence-electron chi connectivity index (χ1n) is 11.7. The third-order valence-electron chi connectivity index (χ3n) is 6.92. The van der Waals surface area contributed by atoms with Crippen molar-refractivity contribution in [3.05, 3.63) is 34.6 Å². The first-order chi connectivity index (χ1) is 14.3. The lowest BCUT2D eigenvalue weighted by Crippen LogP contribution is -2.36. The average Bonchev–Trinajstić information content (AvgIpc) is 2.72. The summed E-state index contributed by atoms with van der Waals surface area (Å²) in [7, 11) is 0. The zero-order chi connectivity index (χ0) is 22.3. The molecule has 2 rings (SSSR count). The molecule has 5 heteroatoms. The number of hydroxylamine groups is 1. The second-order valence-corrected chi connectivity index (χ2v) is 9.73. The molecule has 1 aromatic rings. The zero-order valence-corrected chi connectivity index (χ0v) is 19.5. The van der Waals surface area contributed by atoms with Gasteiger partial charge in [-0.1, -0.05) is 47.5 Å². The Kier molecular flexibility index (Phi) is 9.76. The van der Waals surface area contributed by atoms with Gasteiger partial charge in [0.25, 0.3) is 5.91 Å². The number of amides is 1. The number of carbonyl (C=O) groups excluding carboxylic acids is 1. The standard InChI is InChI=1S/C25H41FN2O2/c1-6-17(3)10-19(5)12-20(11-18(4)7-2)15-28-9-8-21-13-22(25(29)27-30)14-24(26)23(21)16-28/h13-14,17-20,30H,6-12,15-16H2,1-5H3,(H,27,29). The molecule has 30 heavy (non-hydrogen) atoms. The van der Waals surface area contributed by atoms with E-state index in [1.807, 2.05) is 0 Å². The number of hydrogen-bond donors (Lipinski definition) is 2. The number of hydrogen-bond acceptors (Lipinski definition) is 3. The fraction of sp³-hybridized carbons (Fsp3) is 0.720. The van der Waals surface area contributed by atoms with Gasteiger partial charge in [0.05, 0.1) is 0 Å². The van der Waals surface area contributed by atoms with E-state index in [2.05, 4.69) is 39.5 Å². The number of benzene rings is 1. The lowest BCUT2D eigenvalue weighted by atomic mass is 9.83. The quantitative estimate of drug-likeness (QED) is 0.350. The van der Waals surface area contributed by atoms with Crippen LogP contribution >= 0.6 is 0 Å². The Balaban J connectivity index is 2.07. The van der Waals surface area contributed by atoms with E-state index >= 15 is 0 Å². The van der Waals surface area contributed by atoms with E-state index in [9.17, 15) is 9.18 Å².